The molecule has 0 unspecified atom stereocenters. The number of sulfone groups is 1. The minimum atomic E-state index is -3.54. The summed E-state index contributed by atoms with van der Waals surface area (Å²) in [4.78, 5) is 17.6. The van der Waals surface area contributed by atoms with Crippen molar-refractivity contribution in [3.8, 4) is 0 Å². The number of carbonyl (C=O) groups excluding carboxylic acids is 1. The summed E-state index contributed by atoms with van der Waals surface area (Å²) in [6.45, 7) is 0.812. The van der Waals surface area contributed by atoms with Crippen molar-refractivity contribution < 1.29 is 13.2 Å². The number of H-pyrrole nitrogens is 1. The van der Waals surface area contributed by atoms with Crippen molar-refractivity contribution in [2.24, 2.45) is 7.05 Å². The number of benzene rings is 1. The van der Waals surface area contributed by atoms with Gasteiger partial charge in [-0.3, -0.25) is 4.79 Å². The minimum Gasteiger partial charge on any atom is -0.361 e. The van der Waals surface area contributed by atoms with E-state index in [4.69, 9.17) is 0 Å². The number of piperidine rings is 1. The van der Waals surface area contributed by atoms with Gasteiger partial charge in [0.15, 0.2) is 0 Å². The summed E-state index contributed by atoms with van der Waals surface area (Å²) >= 11 is 0. The molecule has 0 radical (unpaired) electrons. The van der Waals surface area contributed by atoms with Gasteiger partial charge in [0.05, 0.1) is 5.25 Å². The molecule has 1 amide bonds. The summed E-state index contributed by atoms with van der Waals surface area (Å²) < 4.78 is 26.8. The maximum absolute atomic E-state index is 12.7. The van der Waals surface area contributed by atoms with Gasteiger partial charge < -0.3 is 14.5 Å². The first-order valence-electron chi connectivity index (χ1n) is 8.41. The van der Waals surface area contributed by atoms with E-state index < -0.39 is 15.1 Å². The van der Waals surface area contributed by atoms with Gasteiger partial charge in [-0.05, 0) is 36.4 Å². The predicted octanol–water partition coefficient (Wildman–Crippen LogP) is 1.37. The molecule has 3 heterocycles. The SMILES string of the molecule is Cn1cnnc1S(=O)(=O)C1CCN(C(=O)c2ccc3cc[nH]c3c2)CC1. The number of amides is 1. The van der Waals surface area contributed by atoms with Crippen molar-refractivity contribution in [2.45, 2.75) is 23.2 Å². The van der Waals surface area contributed by atoms with E-state index in [1.807, 2.05) is 24.4 Å². The molecule has 0 saturated carbocycles. The maximum Gasteiger partial charge on any atom is 0.253 e. The topological polar surface area (TPSA) is 101 Å². The molecule has 1 N–H and O–H groups in total. The second-order valence-electron chi connectivity index (χ2n) is 6.54. The number of nitrogens with one attached hydrogen (secondary N) is 1. The second kappa shape index (κ2) is 6.24. The lowest BCUT2D eigenvalue weighted by Crippen LogP contribution is -2.42. The summed E-state index contributed by atoms with van der Waals surface area (Å²) in [5, 5.41) is 7.88. The molecule has 1 saturated heterocycles. The highest BCUT2D eigenvalue weighted by molar-refractivity contribution is 7.91. The Morgan fingerprint density at radius 2 is 2.00 bits per heavy atom. The molecule has 1 fully saturated rings. The zero-order chi connectivity index (χ0) is 18.3. The lowest BCUT2D eigenvalue weighted by molar-refractivity contribution is 0.0725. The van der Waals surface area contributed by atoms with Crippen LogP contribution in [-0.4, -0.2) is 57.3 Å². The van der Waals surface area contributed by atoms with Crippen molar-refractivity contribution >= 4 is 26.6 Å². The highest BCUT2D eigenvalue weighted by Gasteiger charge is 2.35. The number of rotatable bonds is 3. The fourth-order valence-electron chi connectivity index (χ4n) is 3.41. The first-order chi connectivity index (χ1) is 12.5. The molecule has 0 atom stereocenters. The van der Waals surface area contributed by atoms with E-state index in [1.165, 1.54) is 10.9 Å². The summed E-state index contributed by atoms with van der Waals surface area (Å²) in [5.41, 5.74) is 1.52. The Bertz CT molecular complexity index is 1060. The van der Waals surface area contributed by atoms with Crippen molar-refractivity contribution in [2.75, 3.05) is 13.1 Å². The molecule has 0 aliphatic carbocycles. The normalized spacial score (nSPS) is 16.3. The molecule has 3 aromatic rings. The van der Waals surface area contributed by atoms with Gasteiger partial charge in [-0.2, -0.15) is 0 Å². The molecule has 2 aromatic heterocycles. The summed E-state index contributed by atoms with van der Waals surface area (Å²) in [7, 11) is -1.92. The van der Waals surface area contributed by atoms with Crippen LogP contribution >= 0.6 is 0 Å². The quantitative estimate of drug-likeness (QED) is 0.747. The Kier molecular flexibility index (Phi) is 4.03. The van der Waals surface area contributed by atoms with Crippen LogP contribution in [0.1, 0.15) is 23.2 Å². The maximum atomic E-state index is 12.7. The van der Waals surface area contributed by atoms with Crippen LogP contribution in [0.3, 0.4) is 0 Å². The van der Waals surface area contributed by atoms with Crippen LogP contribution in [0.25, 0.3) is 10.9 Å². The third-order valence-corrected chi connectivity index (χ3v) is 7.12. The zero-order valence-corrected chi connectivity index (χ0v) is 15.1. The van der Waals surface area contributed by atoms with Crippen LogP contribution in [0, 0.1) is 0 Å². The third kappa shape index (κ3) is 2.78. The van der Waals surface area contributed by atoms with E-state index in [0.29, 0.717) is 31.5 Å². The Morgan fingerprint density at radius 1 is 1.23 bits per heavy atom. The van der Waals surface area contributed by atoms with Gasteiger partial charge >= 0.3 is 0 Å². The van der Waals surface area contributed by atoms with Crippen molar-refractivity contribution in [3.05, 3.63) is 42.4 Å². The van der Waals surface area contributed by atoms with Gasteiger partial charge in [0.2, 0.25) is 15.0 Å². The van der Waals surface area contributed by atoms with Crippen LogP contribution in [-0.2, 0) is 16.9 Å². The van der Waals surface area contributed by atoms with E-state index in [2.05, 4.69) is 15.2 Å². The van der Waals surface area contributed by atoms with Crippen LogP contribution in [0.15, 0.2) is 41.9 Å². The minimum absolute atomic E-state index is 0.0144. The molecule has 26 heavy (non-hydrogen) atoms. The number of fused-ring (bicyclic) bond motifs is 1. The van der Waals surface area contributed by atoms with Crippen LogP contribution in [0.4, 0.5) is 0 Å². The number of hydrogen-bond acceptors (Lipinski definition) is 5. The van der Waals surface area contributed by atoms with E-state index >= 15 is 0 Å². The van der Waals surface area contributed by atoms with Gasteiger partial charge in [0.1, 0.15) is 6.33 Å². The number of aryl methyl sites for hydroxylation is 1. The smallest absolute Gasteiger partial charge is 0.253 e. The second-order valence-corrected chi connectivity index (χ2v) is 8.66. The first-order valence-corrected chi connectivity index (χ1v) is 9.96. The molecule has 0 bridgehead atoms. The number of carbonyl (C=O) groups is 1. The fraction of sp³-hybridized carbons (Fsp3) is 0.353. The standard InChI is InChI=1S/C17H19N5O3S/c1-21-11-19-20-17(21)26(24,25)14-5-8-22(9-6-14)16(23)13-3-2-12-4-7-18-15(12)10-13/h2-4,7,10-11,14,18H,5-6,8-9H2,1H3. The Labute approximate surface area is 150 Å². The largest absolute Gasteiger partial charge is 0.361 e. The molecule has 136 valence electrons. The van der Waals surface area contributed by atoms with Crippen LogP contribution in [0.2, 0.25) is 0 Å². The van der Waals surface area contributed by atoms with Crippen LogP contribution < -0.4 is 0 Å². The highest BCUT2D eigenvalue weighted by Crippen LogP contribution is 2.24. The van der Waals surface area contributed by atoms with Gasteiger partial charge in [-0.15, -0.1) is 10.2 Å². The zero-order valence-electron chi connectivity index (χ0n) is 14.3. The fourth-order valence-corrected chi connectivity index (χ4v) is 5.15. The molecule has 0 spiro atoms. The van der Waals surface area contributed by atoms with Gasteiger partial charge in [0, 0.05) is 37.4 Å². The first kappa shape index (κ1) is 16.8. The molecule has 1 aromatic carbocycles. The predicted molar refractivity (Wildman–Crippen MR) is 95.4 cm³/mol. The Balaban J connectivity index is 1.48. The molecule has 1 aliphatic heterocycles. The third-order valence-electron chi connectivity index (χ3n) is 4.89. The summed E-state index contributed by atoms with van der Waals surface area (Å²) in [5.74, 6) is -0.0731. The Morgan fingerprint density at radius 3 is 2.69 bits per heavy atom. The molecule has 4 rings (SSSR count). The molecule has 9 heteroatoms. The number of aromatic nitrogens is 4. The summed E-state index contributed by atoms with van der Waals surface area (Å²) in [6, 6.07) is 7.50. The number of aromatic amines is 1. The van der Waals surface area contributed by atoms with Gasteiger partial charge in [0.25, 0.3) is 5.91 Å². The Hall–Kier alpha value is -2.68. The molecule has 1 aliphatic rings. The van der Waals surface area contributed by atoms with Crippen LogP contribution in [0.5, 0.6) is 0 Å². The average molecular weight is 373 g/mol. The summed E-state index contributed by atoms with van der Waals surface area (Å²) in [6.07, 6.45) is 4.00. The number of nitrogens with zero attached hydrogens (tertiary/aromatic N) is 4. The van der Waals surface area contributed by atoms with E-state index in [-0.39, 0.29) is 11.1 Å². The lowest BCUT2D eigenvalue weighted by Gasteiger charge is -2.31. The van der Waals surface area contributed by atoms with E-state index in [0.717, 1.165) is 10.9 Å². The van der Waals surface area contributed by atoms with Gasteiger partial charge in [-0.25, -0.2) is 8.42 Å². The highest BCUT2D eigenvalue weighted by atomic mass is 32.2. The van der Waals surface area contributed by atoms with Crippen molar-refractivity contribution in [1.82, 2.24) is 24.6 Å². The van der Waals surface area contributed by atoms with Crippen molar-refractivity contribution in [3.63, 3.8) is 0 Å². The lowest BCUT2D eigenvalue weighted by atomic mass is 10.1. The number of hydrogen-bond donors (Lipinski definition) is 1. The molecular formula is C17H19N5O3S. The number of likely N-dealkylation sites (tertiary alicyclic amines) is 1. The van der Waals surface area contributed by atoms with Gasteiger partial charge in [-0.1, -0.05) is 6.07 Å². The average Bonchev–Trinajstić information content (AvgIpc) is 3.29. The van der Waals surface area contributed by atoms with E-state index in [1.54, 1.807) is 18.0 Å². The van der Waals surface area contributed by atoms with E-state index in [9.17, 15) is 13.2 Å². The van der Waals surface area contributed by atoms with Crippen molar-refractivity contribution in [1.29, 1.82) is 0 Å². The monoisotopic (exact) mass is 373 g/mol. The molecule has 8 nitrogen and oxygen atoms in total. The molecular weight excluding hydrogens is 354 g/mol.